The number of nitrogens with zero attached hydrogens (tertiary/aromatic N) is 1. The summed E-state index contributed by atoms with van der Waals surface area (Å²) in [7, 11) is 0. The molecule has 0 bridgehead atoms. The molecule has 1 aliphatic rings. The first kappa shape index (κ1) is 17.7. The third-order valence-corrected chi connectivity index (χ3v) is 5.05. The molecule has 3 nitrogen and oxygen atoms in total. The molecule has 0 saturated carbocycles. The van der Waals surface area contributed by atoms with Crippen LogP contribution in [0.5, 0.6) is 0 Å². The predicted molar refractivity (Wildman–Crippen MR) is 103 cm³/mol. The van der Waals surface area contributed by atoms with Crippen LogP contribution in [0.15, 0.2) is 54.6 Å². The van der Waals surface area contributed by atoms with Crippen LogP contribution in [0.1, 0.15) is 32.3 Å². The Balaban J connectivity index is 1.50. The Bertz CT molecular complexity index is 671. The van der Waals surface area contributed by atoms with Crippen LogP contribution < -0.4 is 5.32 Å². The number of amides is 1. The van der Waals surface area contributed by atoms with E-state index in [4.69, 9.17) is 0 Å². The molecule has 0 aliphatic carbocycles. The van der Waals surface area contributed by atoms with Gasteiger partial charge in [0, 0.05) is 25.2 Å². The van der Waals surface area contributed by atoms with Crippen LogP contribution in [0, 0.1) is 0 Å². The van der Waals surface area contributed by atoms with Crippen molar-refractivity contribution in [3.05, 3.63) is 60.2 Å². The van der Waals surface area contributed by atoms with Crippen molar-refractivity contribution in [2.45, 2.75) is 45.2 Å². The minimum Gasteiger partial charge on any atom is -0.353 e. The number of likely N-dealkylation sites (tertiary alicyclic amines) is 1. The molecule has 1 heterocycles. The van der Waals surface area contributed by atoms with Crippen molar-refractivity contribution in [3.8, 4) is 11.1 Å². The second-order valence-electron chi connectivity index (χ2n) is 7.21. The summed E-state index contributed by atoms with van der Waals surface area (Å²) in [6.07, 6.45) is 2.56. The monoisotopic (exact) mass is 336 g/mol. The van der Waals surface area contributed by atoms with Gasteiger partial charge in [0.25, 0.3) is 0 Å². The van der Waals surface area contributed by atoms with Gasteiger partial charge >= 0.3 is 0 Å². The average Bonchev–Trinajstić information content (AvgIpc) is 2.63. The van der Waals surface area contributed by atoms with Crippen molar-refractivity contribution in [2.24, 2.45) is 0 Å². The summed E-state index contributed by atoms with van der Waals surface area (Å²) in [4.78, 5) is 14.8. The molecule has 3 heteroatoms. The van der Waals surface area contributed by atoms with Gasteiger partial charge in [0.1, 0.15) is 0 Å². The van der Waals surface area contributed by atoms with Gasteiger partial charge in [0.05, 0.1) is 6.42 Å². The molecule has 132 valence electrons. The van der Waals surface area contributed by atoms with Gasteiger partial charge < -0.3 is 10.2 Å². The molecule has 2 aromatic rings. The van der Waals surface area contributed by atoms with E-state index in [-0.39, 0.29) is 5.91 Å². The van der Waals surface area contributed by atoms with E-state index in [1.54, 1.807) is 0 Å². The quantitative estimate of drug-likeness (QED) is 0.898. The van der Waals surface area contributed by atoms with Crippen LogP contribution in [0.3, 0.4) is 0 Å². The van der Waals surface area contributed by atoms with Gasteiger partial charge in [-0.2, -0.15) is 0 Å². The van der Waals surface area contributed by atoms with Crippen molar-refractivity contribution in [1.29, 1.82) is 0 Å². The zero-order valence-electron chi connectivity index (χ0n) is 15.2. The maximum absolute atomic E-state index is 12.3. The highest BCUT2D eigenvalue weighted by Gasteiger charge is 2.21. The number of rotatable bonds is 5. The van der Waals surface area contributed by atoms with Gasteiger partial charge in [-0.25, -0.2) is 0 Å². The first-order valence-corrected chi connectivity index (χ1v) is 9.29. The number of benzene rings is 2. The molecule has 1 N–H and O–H groups in total. The molecule has 3 rings (SSSR count). The van der Waals surface area contributed by atoms with Crippen LogP contribution in [-0.2, 0) is 11.2 Å². The van der Waals surface area contributed by atoms with Gasteiger partial charge in [-0.15, -0.1) is 0 Å². The molecular formula is C22H28N2O. The van der Waals surface area contributed by atoms with Crippen molar-refractivity contribution < 1.29 is 4.79 Å². The largest absolute Gasteiger partial charge is 0.353 e. The first-order chi connectivity index (χ1) is 12.1. The fourth-order valence-electron chi connectivity index (χ4n) is 3.47. The minimum absolute atomic E-state index is 0.135. The summed E-state index contributed by atoms with van der Waals surface area (Å²) in [6.45, 7) is 6.62. The smallest absolute Gasteiger partial charge is 0.224 e. The van der Waals surface area contributed by atoms with Crippen LogP contribution in [0.4, 0.5) is 0 Å². The predicted octanol–water partition coefficient (Wildman–Crippen LogP) is 3.89. The third-order valence-electron chi connectivity index (χ3n) is 5.05. The Kier molecular flexibility index (Phi) is 5.87. The van der Waals surface area contributed by atoms with Gasteiger partial charge in [-0.1, -0.05) is 54.6 Å². The highest BCUT2D eigenvalue weighted by molar-refractivity contribution is 5.79. The second-order valence-corrected chi connectivity index (χ2v) is 7.21. The van der Waals surface area contributed by atoms with Crippen molar-refractivity contribution >= 4 is 5.91 Å². The standard InChI is InChI=1S/C22H28N2O/c1-17(2)24-14-12-21(13-15-24)23-22(25)16-18-8-10-20(11-9-18)19-6-4-3-5-7-19/h3-11,17,21H,12-16H2,1-2H3,(H,23,25). The maximum atomic E-state index is 12.3. The number of piperidine rings is 1. The van der Waals surface area contributed by atoms with Crippen molar-refractivity contribution in [1.82, 2.24) is 10.2 Å². The highest BCUT2D eigenvalue weighted by Crippen LogP contribution is 2.19. The lowest BCUT2D eigenvalue weighted by molar-refractivity contribution is -0.121. The zero-order valence-corrected chi connectivity index (χ0v) is 15.2. The van der Waals surface area contributed by atoms with Gasteiger partial charge in [0.15, 0.2) is 0 Å². The van der Waals surface area contributed by atoms with Gasteiger partial charge in [-0.05, 0) is 43.4 Å². The number of nitrogens with one attached hydrogen (secondary N) is 1. The van der Waals surface area contributed by atoms with Gasteiger partial charge in [-0.3, -0.25) is 4.79 Å². The van der Waals surface area contributed by atoms with Crippen LogP contribution in [0.25, 0.3) is 11.1 Å². The average molecular weight is 336 g/mol. The van der Waals surface area contributed by atoms with E-state index in [2.05, 4.69) is 60.5 Å². The molecule has 0 radical (unpaired) electrons. The third kappa shape index (κ3) is 4.93. The second kappa shape index (κ2) is 8.30. The molecule has 1 saturated heterocycles. The molecule has 1 amide bonds. The number of hydrogen-bond donors (Lipinski definition) is 1. The van der Waals surface area contributed by atoms with E-state index in [1.165, 1.54) is 11.1 Å². The fourth-order valence-corrected chi connectivity index (χ4v) is 3.47. The zero-order chi connectivity index (χ0) is 17.6. The lowest BCUT2D eigenvalue weighted by atomic mass is 10.0. The van der Waals surface area contributed by atoms with E-state index in [9.17, 15) is 4.79 Å². The van der Waals surface area contributed by atoms with E-state index < -0.39 is 0 Å². The van der Waals surface area contributed by atoms with E-state index in [0.717, 1.165) is 31.5 Å². The lowest BCUT2D eigenvalue weighted by Gasteiger charge is -2.34. The number of carbonyl (C=O) groups is 1. The Morgan fingerprint density at radius 1 is 1.00 bits per heavy atom. The normalized spacial score (nSPS) is 16.1. The number of hydrogen-bond acceptors (Lipinski definition) is 2. The molecule has 1 aliphatic heterocycles. The van der Waals surface area contributed by atoms with Crippen LogP contribution in [-0.4, -0.2) is 36.0 Å². The number of carbonyl (C=O) groups excluding carboxylic acids is 1. The van der Waals surface area contributed by atoms with Gasteiger partial charge in [0.2, 0.25) is 5.91 Å². The summed E-state index contributed by atoms with van der Waals surface area (Å²) >= 11 is 0. The summed E-state index contributed by atoms with van der Waals surface area (Å²) in [6, 6.07) is 19.5. The summed E-state index contributed by atoms with van der Waals surface area (Å²) in [5.41, 5.74) is 3.46. The SMILES string of the molecule is CC(C)N1CCC(NC(=O)Cc2ccc(-c3ccccc3)cc2)CC1. The van der Waals surface area contributed by atoms with Crippen molar-refractivity contribution in [2.75, 3.05) is 13.1 Å². The molecule has 0 spiro atoms. The Labute approximate surface area is 151 Å². The van der Waals surface area contributed by atoms with Crippen LogP contribution in [0.2, 0.25) is 0 Å². The topological polar surface area (TPSA) is 32.3 Å². The Morgan fingerprint density at radius 2 is 1.60 bits per heavy atom. The lowest BCUT2D eigenvalue weighted by Crippen LogP contribution is -2.46. The summed E-state index contributed by atoms with van der Waals surface area (Å²) in [5, 5.41) is 3.21. The van der Waals surface area contributed by atoms with E-state index in [1.807, 2.05) is 18.2 Å². The molecule has 25 heavy (non-hydrogen) atoms. The molecule has 1 fully saturated rings. The summed E-state index contributed by atoms with van der Waals surface area (Å²) < 4.78 is 0. The highest BCUT2D eigenvalue weighted by atomic mass is 16.1. The molecule has 0 aromatic heterocycles. The first-order valence-electron chi connectivity index (χ1n) is 9.29. The van der Waals surface area contributed by atoms with E-state index >= 15 is 0 Å². The fraction of sp³-hybridized carbons (Fsp3) is 0.409. The Morgan fingerprint density at radius 3 is 2.20 bits per heavy atom. The minimum atomic E-state index is 0.135. The molecule has 0 atom stereocenters. The maximum Gasteiger partial charge on any atom is 0.224 e. The van der Waals surface area contributed by atoms with E-state index in [0.29, 0.717) is 18.5 Å². The molecule has 2 aromatic carbocycles. The van der Waals surface area contributed by atoms with Crippen molar-refractivity contribution in [3.63, 3.8) is 0 Å². The Hall–Kier alpha value is -2.13. The molecular weight excluding hydrogens is 308 g/mol. The molecule has 0 unspecified atom stereocenters. The van der Waals surface area contributed by atoms with Crippen LogP contribution >= 0.6 is 0 Å². The summed E-state index contributed by atoms with van der Waals surface area (Å²) in [5.74, 6) is 0.135.